The number of hydrogen-bond donors (Lipinski definition) is 0. The first-order chi connectivity index (χ1) is 11.2. The molecule has 0 aliphatic heterocycles. The van der Waals surface area contributed by atoms with E-state index in [0.717, 1.165) is 18.4 Å². The molecule has 0 saturated carbocycles. The van der Waals surface area contributed by atoms with Gasteiger partial charge in [-0.15, -0.1) is 0 Å². The van der Waals surface area contributed by atoms with Crippen LogP contribution in [0.25, 0.3) is 11.0 Å². The maximum atomic E-state index is 5.57. The predicted octanol–water partition coefficient (Wildman–Crippen LogP) is 6.68. The minimum Gasteiger partial charge on any atom is -0.464 e. The van der Waals surface area contributed by atoms with Gasteiger partial charge < -0.3 is 4.42 Å². The fourth-order valence-electron chi connectivity index (χ4n) is 3.41. The molecule has 1 nitrogen and oxygen atoms in total. The normalized spacial score (nSPS) is 14.0. The van der Waals surface area contributed by atoms with Crippen LogP contribution in [0.5, 0.6) is 0 Å². The summed E-state index contributed by atoms with van der Waals surface area (Å²) in [6.45, 7) is 6.83. The van der Waals surface area contributed by atoms with Gasteiger partial charge in [-0.25, -0.2) is 0 Å². The first-order valence-electron chi connectivity index (χ1n) is 8.77. The van der Waals surface area contributed by atoms with Crippen molar-refractivity contribution in [1.82, 2.24) is 0 Å². The van der Waals surface area contributed by atoms with Gasteiger partial charge in [-0.3, -0.25) is 0 Å². The van der Waals surface area contributed by atoms with Crippen LogP contribution in [0.3, 0.4) is 0 Å². The highest BCUT2D eigenvalue weighted by Crippen LogP contribution is 2.33. The Balaban J connectivity index is 1.77. The maximum absolute atomic E-state index is 5.57. The molecule has 3 rings (SSSR count). The van der Waals surface area contributed by atoms with Gasteiger partial charge in [0.2, 0.25) is 0 Å². The molecule has 1 aromatic heterocycles. The van der Waals surface area contributed by atoms with Crippen LogP contribution in [0.4, 0.5) is 0 Å². The fourth-order valence-corrected chi connectivity index (χ4v) is 3.41. The first kappa shape index (κ1) is 15.9. The van der Waals surface area contributed by atoms with E-state index >= 15 is 0 Å². The van der Waals surface area contributed by atoms with Crippen molar-refractivity contribution >= 4 is 11.0 Å². The van der Waals surface area contributed by atoms with Crippen molar-refractivity contribution < 1.29 is 4.42 Å². The SMILES string of the molecule is CCc1ccc(C(C)CC(CC)c2ccc3ccoc3c2)cc1. The summed E-state index contributed by atoms with van der Waals surface area (Å²) >= 11 is 0. The maximum Gasteiger partial charge on any atom is 0.134 e. The lowest BCUT2D eigenvalue weighted by molar-refractivity contribution is 0.543. The smallest absolute Gasteiger partial charge is 0.134 e. The summed E-state index contributed by atoms with van der Waals surface area (Å²) in [5.41, 5.74) is 5.25. The number of benzene rings is 2. The highest BCUT2D eigenvalue weighted by molar-refractivity contribution is 5.77. The van der Waals surface area contributed by atoms with Crippen molar-refractivity contribution in [3.05, 3.63) is 71.5 Å². The predicted molar refractivity (Wildman–Crippen MR) is 98.1 cm³/mol. The lowest BCUT2D eigenvalue weighted by atomic mass is 9.84. The molecule has 23 heavy (non-hydrogen) atoms. The molecule has 2 atom stereocenters. The van der Waals surface area contributed by atoms with Gasteiger partial charge in [0.1, 0.15) is 5.58 Å². The fraction of sp³-hybridized carbons (Fsp3) is 0.364. The summed E-state index contributed by atoms with van der Waals surface area (Å²) in [7, 11) is 0. The number of hydrogen-bond acceptors (Lipinski definition) is 1. The third-order valence-electron chi connectivity index (χ3n) is 5.04. The zero-order chi connectivity index (χ0) is 16.2. The summed E-state index contributed by atoms with van der Waals surface area (Å²) in [5.74, 6) is 1.14. The summed E-state index contributed by atoms with van der Waals surface area (Å²) in [6, 6.07) is 17.8. The molecule has 0 amide bonds. The van der Waals surface area contributed by atoms with E-state index in [9.17, 15) is 0 Å². The first-order valence-corrected chi connectivity index (χ1v) is 8.77. The Labute approximate surface area is 139 Å². The van der Waals surface area contributed by atoms with Gasteiger partial charge >= 0.3 is 0 Å². The third-order valence-corrected chi connectivity index (χ3v) is 5.04. The molecular formula is C22H26O. The Morgan fingerprint density at radius 2 is 1.65 bits per heavy atom. The molecule has 3 aromatic rings. The Morgan fingerprint density at radius 1 is 0.913 bits per heavy atom. The van der Waals surface area contributed by atoms with E-state index in [1.54, 1.807) is 6.26 Å². The van der Waals surface area contributed by atoms with E-state index in [0.29, 0.717) is 11.8 Å². The van der Waals surface area contributed by atoms with Gasteiger partial charge in [-0.05, 0) is 59.9 Å². The molecule has 0 saturated heterocycles. The number of rotatable bonds is 6. The van der Waals surface area contributed by atoms with Crippen molar-refractivity contribution in [3.8, 4) is 0 Å². The average molecular weight is 306 g/mol. The highest BCUT2D eigenvalue weighted by Gasteiger charge is 2.16. The Hall–Kier alpha value is -2.02. The second kappa shape index (κ2) is 7.04. The molecule has 1 heteroatoms. The third kappa shape index (κ3) is 3.50. The number of fused-ring (bicyclic) bond motifs is 1. The van der Waals surface area contributed by atoms with Crippen LogP contribution in [-0.4, -0.2) is 0 Å². The Morgan fingerprint density at radius 3 is 2.35 bits per heavy atom. The van der Waals surface area contributed by atoms with E-state index in [4.69, 9.17) is 4.42 Å². The molecule has 0 aliphatic rings. The van der Waals surface area contributed by atoms with E-state index in [2.05, 4.69) is 63.2 Å². The molecular weight excluding hydrogens is 280 g/mol. The lowest BCUT2D eigenvalue weighted by Gasteiger charge is -2.21. The second-order valence-corrected chi connectivity index (χ2v) is 6.55. The van der Waals surface area contributed by atoms with Crippen LogP contribution in [0.15, 0.2) is 59.2 Å². The van der Waals surface area contributed by atoms with E-state index < -0.39 is 0 Å². The number of aryl methyl sites for hydroxylation is 1. The molecule has 2 unspecified atom stereocenters. The summed E-state index contributed by atoms with van der Waals surface area (Å²) in [4.78, 5) is 0. The highest BCUT2D eigenvalue weighted by atomic mass is 16.3. The molecule has 2 aromatic carbocycles. The van der Waals surface area contributed by atoms with Crippen LogP contribution in [0, 0.1) is 0 Å². The Kier molecular flexibility index (Phi) is 4.85. The molecule has 0 bridgehead atoms. The zero-order valence-electron chi connectivity index (χ0n) is 14.4. The lowest BCUT2D eigenvalue weighted by Crippen LogP contribution is -2.04. The van der Waals surface area contributed by atoms with Crippen LogP contribution in [0.1, 0.15) is 62.1 Å². The van der Waals surface area contributed by atoms with Gasteiger partial charge in [-0.1, -0.05) is 57.2 Å². The van der Waals surface area contributed by atoms with Crippen LogP contribution in [-0.2, 0) is 6.42 Å². The van der Waals surface area contributed by atoms with Gasteiger partial charge in [0, 0.05) is 5.39 Å². The second-order valence-electron chi connectivity index (χ2n) is 6.55. The molecule has 0 N–H and O–H groups in total. The molecule has 120 valence electrons. The van der Waals surface area contributed by atoms with Crippen LogP contribution < -0.4 is 0 Å². The average Bonchev–Trinajstić information content (AvgIpc) is 3.07. The van der Waals surface area contributed by atoms with Crippen molar-refractivity contribution in [3.63, 3.8) is 0 Å². The van der Waals surface area contributed by atoms with Crippen molar-refractivity contribution in [1.29, 1.82) is 0 Å². The molecule has 0 spiro atoms. The summed E-state index contributed by atoms with van der Waals surface area (Å²) in [5, 5.41) is 1.19. The van der Waals surface area contributed by atoms with Crippen molar-refractivity contribution in [2.45, 2.75) is 51.9 Å². The van der Waals surface area contributed by atoms with Gasteiger partial charge in [-0.2, -0.15) is 0 Å². The van der Waals surface area contributed by atoms with Gasteiger partial charge in [0.05, 0.1) is 6.26 Å². The molecule has 0 radical (unpaired) electrons. The quantitative estimate of drug-likeness (QED) is 0.495. The van der Waals surface area contributed by atoms with Crippen molar-refractivity contribution in [2.24, 2.45) is 0 Å². The Bertz CT molecular complexity index is 751. The standard InChI is InChI=1S/C22H26O/c1-4-17-6-8-19(9-7-17)16(3)14-18(5-2)21-11-10-20-12-13-23-22(20)15-21/h6-13,15-16,18H,4-5,14H2,1-3H3. The van der Waals surface area contributed by atoms with Crippen molar-refractivity contribution in [2.75, 3.05) is 0 Å². The molecule has 1 heterocycles. The van der Waals surface area contributed by atoms with E-state index in [-0.39, 0.29) is 0 Å². The minimum atomic E-state index is 0.568. The summed E-state index contributed by atoms with van der Waals surface area (Å²) < 4.78 is 5.57. The number of furan rings is 1. The van der Waals surface area contributed by atoms with E-state index in [1.165, 1.54) is 28.5 Å². The molecule has 0 fully saturated rings. The topological polar surface area (TPSA) is 13.1 Å². The van der Waals surface area contributed by atoms with E-state index in [1.807, 2.05) is 6.07 Å². The van der Waals surface area contributed by atoms with Crippen LogP contribution >= 0.6 is 0 Å². The van der Waals surface area contributed by atoms with Crippen LogP contribution in [0.2, 0.25) is 0 Å². The minimum absolute atomic E-state index is 0.568. The van der Waals surface area contributed by atoms with Gasteiger partial charge in [0.15, 0.2) is 0 Å². The largest absolute Gasteiger partial charge is 0.464 e. The van der Waals surface area contributed by atoms with Gasteiger partial charge in [0.25, 0.3) is 0 Å². The zero-order valence-corrected chi connectivity index (χ0v) is 14.4. The monoisotopic (exact) mass is 306 g/mol. The molecule has 0 aliphatic carbocycles. The summed E-state index contributed by atoms with van der Waals surface area (Å²) in [6.07, 6.45) is 5.21.